The number of ether oxygens (including phenoxy) is 2. The van der Waals surface area contributed by atoms with Crippen LogP contribution in [0.15, 0.2) is 73.3 Å². The van der Waals surface area contributed by atoms with Gasteiger partial charge in [0, 0.05) is 12.3 Å². The fourth-order valence-corrected chi connectivity index (χ4v) is 4.66. The molecular weight excluding hydrogens is 378 g/mol. The van der Waals surface area contributed by atoms with Gasteiger partial charge in [-0.15, -0.1) is 6.58 Å². The molecular formula is C25H27NO4. The standard InChI is InChI=1S/C25H27NO4/c1-2-17-25(22(26-24(28)30-25)19-13-7-4-8-14-19)23(27)29-21-16-10-9-15-20(21)18-11-5-3-6-12-18/h2-8,11-14,20-22H,1,9-10,15-17H2,(H,26,28)/t20-,21+,22-,25+/m0/s1. The largest absolute Gasteiger partial charge is 0.459 e. The van der Waals surface area contributed by atoms with E-state index in [0.29, 0.717) is 0 Å². The average Bonchev–Trinajstić information content (AvgIpc) is 3.13. The van der Waals surface area contributed by atoms with Crippen molar-refractivity contribution < 1.29 is 19.1 Å². The Morgan fingerprint density at radius 3 is 2.37 bits per heavy atom. The molecule has 1 saturated heterocycles. The summed E-state index contributed by atoms with van der Waals surface area (Å²) in [7, 11) is 0. The molecule has 4 rings (SSSR count). The van der Waals surface area contributed by atoms with E-state index in [4.69, 9.17) is 9.47 Å². The number of hydrogen-bond donors (Lipinski definition) is 1. The fraction of sp³-hybridized carbons (Fsp3) is 0.360. The number of alkyl carbamates (subject to hydrolysis) is 1. The molecule has 2 aromatic rings. The SMILES string of the molecule is C=CC[C@@]1(C(=O)O[C@@H]2CCCC[C@H]2c2ccccc2)OC(=O)N[C@H]1c1ccccc1. The van der Waals surface area contributed by atoms with E-state index in [1.165, 1.54) is 5.56 Å². The molecule has 0 aromatic heterocycles. The summed E-state index contributed by atoms with van der Waals surface area (Å²) < 4.78 is 11.7. The molecule has 1 aliphatic heterocycles. The Morgan fingerprint density at radius 1 is 1.07 bits per heavy atom. The minimum Gasteiger partial charge on any atom is -0.459 e. The van der Waals surface area contributed by atoms with Crippen molar-refractivity contribution in [2.24, 2.45) is 0 Å². The molecule has 0 bridgehead atoms. The van der Waals surface area contributed by atoms with Gasteiger partial charge in [0.1, 0.15) is 12.1 Å². The van der Waals surface area contributed by atoms with Crippen LogP contribution in [-0.2, 0) is 14.3 Å². The van der Waals surface area contributed by atoms with Crippen molar-refractivity contribution >= 4 is 12.1 Å². The maximum Gasteiger partial charge on any atom is 0.409 e. The van der Waals surface area contributed by atoms with E-state index in [-0.39, 0.29) is 18.4 Å². The number of carbonyl (C=O) groups excluding carboxylic acids is 2. The molecule has 0 unspecified atom stereocenters. The van der Waals surface area contributed by atoms with Gasteiger partial charge in [0.25, 0.3) is 0 Å². The van der Waals surface area contributed by atoms with E-state index in [1.807, 2.05) is 48.5 Å². The van der Waals surface area contributed by atoms with Gasteiger partial charge in [0.2, 0.25) is 5.60 Å². The van der Waals surface area contributed by atoms with Crippen molar-refractivity contribution in [2.75, 3.05) is 0 Å². The number of hydrogen-bond acceptors (Lipinski definition) is 4. The van der Waals surface area contributed by atoms with Crippen molar-refractivity contribution in [3.05, 3.63) is 84.4 Å². The molecule has 5 heteroatoms. The van der Waals surface area contributed by atoms with Crippen LogP contribution in [0.2, 0.25) is 0 Å². The summed E-state index contributed by atoms with van der Waals surface area (Å²) in [4.78, 5) is 25.8. The van der Waals surface area contributed by atoms with Crippen molar-refractivity contribution in [3.8, 4) is 0 Å². The highest BCUT2D eigenvalue weighted by Crippen LogP contribution is 2.41. The van der Waals surface area contributed by atoms with Crippen LogP contribution < -0.4 is 5.32 Å². The maximum atomic E-state index is 13.5. The summed E-state index contributed by atoms with van der Waals surface area (Å²) >= 11 is 0. The van der Waals surface area contributed by atoms with Crippen molar-refractivity contribution in [2.45, 2.75) is 55.8 Å². The highest BCUT2D eigenvalue weighted by molar-refractivity contribution is 5.88. The second-order valence-corrected chi connectivity index (χ2v) is 8.01. The first-order chi connectivity index (χ1) is 14.6. The predicted molar refractivity (Wildman–Crippen MR) is 114 cm³/mol. The zero-order valence-electron chi connectivity index (χ0n) is 17.0. The van der Waals surface area contributed by atoms with Crippen LogP contribution in [0.25, 0.3) is 0 Å². The van der Waals surface area contributed by atoms with Gasteiger partial charge in [-0.3, -0.25) is 0 Å². The van der Waals surface area contributed by atoms with Crippen LogP contribution in [0, 0.1) is 0 Å². The monoisotopic (exact) mass is 405 g/mol. The molecule has 0 spiro atoms. The number of amides is 1. The zero-order valence-corrected chi connectivity index (χ0v) is 17.0. The fourth-order valence-electron chi connectivity index (χ4n) is 4.66. The number of esters is 1. The van der Waals surface area contributed by atoms with Crippen LogP contribution in [0.5, 0.6) is 0 Å². The van der Waals surface area contributed by atoms with E-state index < -0.39 is 23.7 Å². The number of carbonyl (C=O) groups is 2. The summed E-state index contributed by atoms with van der Waals surface area (Å²) in [5.41, 5.74) is 0.512. The lowest BCUT2D eigenvalue weighted by molar-refractivity contribution is -0.172. The highest BCUT2D eigenvalue weighted by atomic mass is 16.6. The van der Waals surface area contributed by atoms with Gasteiger partial charge in [-0.25, -0.2) is 9.59 Å². The van der Waals surface area contributed by atoms with E-state index in [0.717, 1.165) is 31.2 Å². The van der Waals surface area contributed by atoms with Crippen molar-refractivity contribution in [3.63, 3.8) is 0 Å². The number of nitrogens with one attached hydrogen (secondary N) is 1. The van der Waals surface area contributed by atoms with Gasteiger partial charge < -0.3 is 14.8 Å². The van der Waals surface area contributed by atoms with Gasteiger partial charge in [0.05, 0.1) is 0 Å². The molecule has 1 amide bonds. The topological polar surface area (TPSA) is 64.6 Å². The third-order valence-corrected chi connectivity index (χ3v) is 6.12. The maximum absolute atomic E-state index is 13.5. The molecule has 0 radical (unpaired) electrons. The molecule has 30 heavy (non-hydrogen) atoms. The molecule has 4 atom stereocenters. The zero-order chi connectivity index (χ0) is 21.0. The molecule has 156 valence electrons. The molecule has 5 nitrogen and oxygen atoms in total. The molecule has 1 saturated carbocycles. The first kappa shape index (κ1) is 20.2. The minimum atomic E-state index is -1.46. The Morgan fingerprint density at radius 2 is 1.70 bits per heavy atom. The predicted octanol–water partition coefficient (Wildman–Crippen LogP) is 5.05. The molecule has 2 aliphatic rings. The molecule has 2 fully saturated rings. The number of benzene rings is 2. The molecule has 1 heterocycles. The quantitative estimate of drug-likeness (QED) is 0.539. The summed E-state index contributed by atoms with van der Waals surface area (Å²) in [5.74, 6) is -0.368. The Labute approximate surface area is 177 Å². The van der Waals surface area contributed by atoms with E-state index in [9.17, 15) is 9.59 Å². The van der Waals surface area contributed by atoms with Crippen LogP contribution in [0.4, 0.5) is 4.79 Å². The van der Waals surface area contributed by atoms with Gasteiger partial charge in [-0.1, -0.05) is 73.2 Å². The van der Waals surface area contributed by atoms with E-state index >= 15 is 0 Å². The van der Waals surface area contributed by atoms with Crippen molar-refractivity contribution in [1.82, 2.24) is 5.32 Å². The van der Waals surface area contributed by atoms with Crippen LogP contribution >= 0.6 is 0 Å². The van der Waals surface area contributed by atoms with Crippen LogP contribution in [0.3, 0.4) is 0 Å². The summed E-state index contributed by atoms with van der Waals surface area (Å²) in [5, 5.41) is 2.80. The van der Waals surface area contributed by atoms with Crippen molar-refractivity contribution in [1.29, 1.82) is 0 Å². The van der Waals surface area contributed by atoms with Gasteiger partial charge >= 0.3 is 12.1 Å². The van der Waals surface area contributed by atoms with Gasteiger partial charge in [0.15, 0.2) is 0 Å². The highest BCUT2D eigenvalue weighted by Gasteiger charge is 2.57. The second-order valence-electron chi connectivity index (χ2n) is 8.01. The van der Waals surface area contributed by atoms with Crippen LogP contribution in [-0.4, -0.2) is 23.8 Å². The van der Waals surface area contributed by atoms with E-state index in [2.05, 4.69) is 24.0 Å². The van der Waals surface area contributed by atoms with Gasteiger partial charge in [-0.2, -0.15) is 0 Å². The van der Waals surface area contributed by atoms with E-state index in [1.54, 1.807) is 6.08 Å². The minimum absolute atomic E-state index is 0.143. The Bertz CT molecular complexity index is 898. The smallest absolute Gasteiger partial charge is 0.409 e. The Balaban J connectivity index is 1.63. The lowest BCUT2D eigenvalue weighted by atomic mass is 9.81. The Hall–Kier alpha value is -3.08. The number of cyclic esters (lactones) is 1. The second kappa shape index (κ2) is 8.74. The third-order valence-electron chi connectivity index (χ3n) is 6.12. The Kier molecular flexibility index (Phi) is 5.88. The van der Waals surface area contributed by atoms with Crippen LogP contribution in [0.1, 0.15) is 55.2 Å². The number of rotatable bonds is 6. The summed E-state index contributed by atoms with van der Waals surface area (Å²) in [6, 6.07) is 18.9. The lowest BCUT2D eigenvalue weighted by Gasteiger charge is -2.35. The molecule has 1 aliphatic carbocycles. The molecule has 1 N–H and O–H groups in total. The average molecular weight is 405 g/mol. The molecule has 2 aromatic carbocycles. The lowest BCUT2D eigenvalue weighted by Crippen LogP contribution is -2.47. The van der Waals surface area contributed by atoms with Gasteiger partial charge in [-0.05, 0) is 30.4 Å². The third kappa shape index (κ3) is 3.84. The first-order valence-electron chi connectivity index (χ1n) is 10.6. The normalized spacial score (nSPS) is 28.3. The summed E-state index contributed by atoms with van der Waals surface area (Å²) in [6.45, 7) is 3.79. The summed E-state index contributed by atoms with van der Waals surface area (Å²) in [6.07, 6.45) is 4.80. The first-order valence-corrected chi connectivity index (χ1v) is 10.6.